The summed E-state index contributed by atoms with van der Waals surface area (Å²) in [5, 5.41) is 8.67. The van der Waals surface area contributed by atoms with Gasteiger partial charge in [0.2, 0.25) is 11.8 Å². The molecule has 4 rings (SSSR count). The molecule has 2 heterocycles. The van der Waals surface area contributed by atoms with Crippen molar-refractivity contribution in [3.05, 3.63) is 24.3 Å². The molecule has 3 fully saturated rings. The molecular formula is C19H24N4O3. The molecule has 7 heteroatoms. The lowest BCUT2D eigenvalue weighted by Crippen LogP contribution is -2.49. The van der Waals surface area contributed by atoms with E-state index in [1.807, 2.05) is 0 Å². The van der Waals surface area contributed by atoms with Crippen molar-refractivity contribution in [3.63, 3.8) is 0 Å². The summed E-state index contributed by atoms with van der Waals surface area (Å²) in [6.45, 7) is 2.50. The number of piperidine rings is 1. The van der Waals surface area contributed by atoms with Crippen LogP contribution in [0.5, 0.6) is 0 Å². The van der Waals surface area contributed by atoms with Gasteiger partial charge in [0.25, 0.3) is 0 Å². The van der Waals surface area contributed by atoms with Gasteiger partial charge in [0.05, 0.1) is 0 Å². The maximum Gasteiger partial charge on any atom is 0.328 e. The minimum atomic E-state index is -0.402. The molecule has 1 aromatic carbocycles. The van der Waals surface area contributed by atoms with Crippen LogP contribution >= 0.6 is 0 Å². The van der Waals surface area contributed by atoms with Crippen LogP contribution in [0.25, 0.3) is 0 Å². The molecule has 0 aromatic heterocycles. The van der Waals surface area contributed by atoms with Crippen LogP contribution in [0.3, 0.4) is 0 Å². The van der Waals surface area contributed by atoms with Gasteiger partial charge in [-0.15, -0.1) is 0 Å². The van der Waals surface area contributed by atoms with E-state index in [4.69, 9.17) is 0 Å². The maximum atomic E-state index is 12.5. The van der Waals surface area contributed by atoms with Crippen molar-refractivity contribution in [3.8, 4) is 0 Å². The second kappa shape index (κ2) is 7.07. The van der Waals surface area contributed by atoms with Crippen molar-refractivity contribution >= 4 is 29.2 Å². The van der Waals surface area contributed by atoms with E-state index in [1.165, 1.54) is 17.7 Å². The number of amides is 4. The van der Waals surface area contributed by atoms with Gasteiger partial charge >= 0.3 is 6.03 Å². The first-order valence-electron chi connectivity index (χ1n) is 9.35. The van der Waals surface area contributed by atoms with Gasteiger partial charge in [-0.05, 0) is 68.5 Å². The molecule has 7 nitrogen and oxygen atoms in total. The van der Waals surface area contributed by atoms with E-state index in [2.05, 4.69) is 16.0 Å². The summed E-state index contributed by atoms with van der Waals surface area (Å²) in [6.07, 6.45) is 3.63. The van der Waals surface area contributed by atoms with Crippen LogP contribution in [0, 0.1) is 17.8 Å². The Labute approximate surface area is 152 Å². The average molecular weight is 356 g/mol. The van der Waals surface area contributed by atoms with Crippen molar-refractivity contribution in [2.45, 2.75) is 25.7 Å². The number of hydrogen-bond acceptors (Lipinski definition) is 4. The molecule has 1 aromatic rings. The van der Waals surface area contributed by atoms with E-state index >= 15 is 0 Å². The number of carbonyl (C=O) groups is 3. The third-order valence-corrected chi connectivity index (χ3v) is 5.67. The zero-order valence-corrected chi connectivity index (χ0v) is 14.7. The zero-order chi connectivity index (χ0) is 18.1. The highest BCUT2D eigenvalue weighted by Gasteiger charge is 2.47. The molecular weight excluding hydrogens is 332 g/mol. The van der Waals surface area contributed by atoms with Gasteiger partial charge in [0.1, 0.15) is 0 Å². The van der Waals surface area contributed by atoms with Gasteiger partial charge in [-0.2, -0.15) is 0 Å². The van der Waals surface area contributed by atoms with Crippen LogP contribution in [0.2, 0.25) is 0 Å². The number of rotatable bonds is 4. The number of nitrogens with zero attached hydrogens (tertiary/aromatic N) is 1. The Morgan fingerprint density at radius 1 is 1.12 bits per heavy atom. The Balaban J connectivity index is 1.32. The first-order valence-corrected chi connectivity index (χ1v) is 9.35. The quantitative estimate of drug-likeness (QED) is 0.766. The summed E-state index contributed by atoms with van der Waals surface area (Å²) in [7, 11) is 0. The molecule has 4 amide bonds. The Morgan fingerprint density at radius 2 is 1.85 bits per heavy atom. The predicted molar refractivity (Wildman–Crippen MR) is 97.8 cm³/mol. The predicted octanol–water partition coefficient (Wildman–Crippen LogP) is 1.71. The third-order valence-electron chi connectivity index (χ3n) is 5.67. The number of urea groups is 1. The minimum absolute atomic E-state index is 0.0996. The van der Waals surface area contributed by atoms with E-state index in [0.717, 1.165) is 25.2 Å². The van der Waals surface area contributed by atoms with Crippen LogP contribution < -0.4 is 20.9 Å². The van der Waals surface area contributed by atoms with Crippen LogP contribution in [-0.4, -0.2) is 37.5 Å². The van der Waals surface area contributed by atoms with Crippen molar-refractivity contribution in [1.82, 2.24) is 10.6 Å². The molecule has 1 aliphatic carbocycles. The highest BCUT2D eigenvalue weighted by molar-refractivity contribution is 6.05. The fraction of sp³-hybridized carbons (Fsp3) is 0.526. The number of nitrogens with one attached hydrogen (secondary N) is 3. The molecule has 0 bridgehead atoms. The fourth-order valence-corrected chi connectivity index (χ4v) is 4.08. The van der Waals surface area contributed by atoms with Crippen LogP contribution in [-0.2, 0) is 9.59 Å². The van der Waals surface area contributed by atoms with Gasteiger partial charge in [-0.3, -0.25) is 19.8 Å². The average Bonchev–Trinajstić information content (AvgIpc) is 3.44. The fourth-order valence-electron chi connectivity index (χ4n) is 4.08. The van der Waals surface area contributed by atoms with Gasteiger partial charge < -0.3 is 10.6 Å². The highest BCUT2D eigenvalue weighted by atomic mass is 16.2. The van der Waals surface area contributed by atoms with Crippen molar-refractivity contribution in [2.75, 3.05) is 29.9 Å². The van der Waals surface area contributed by atoms with Crippen LogP contribution in [0.1, 0.15) is 25.7 Å². The second-order valence-corrected chi connectivity index (χ2v) is 7.38. The van der Waals surface area contributed by atoms with E-state index in [9.17, 15) is 14.4 Å². The van der Waals surface area contributed by atoms with E-state index in [0.29, 0.717) is 30.5 Å². The Hall–Kier alpha value is -2.41. The smallest absolute Gasteiger partial charge is 0.326 e. The molecule has 26 heavy (non-hydrogen) atoms. The number of imide groups is 1. The van der Waals surface area contributed by atoms with E-state index in [1.54, 1.807) is 24.3 Å². The summed E-state index contributed by atoms with van der Waals surface area (Å²) in [4.78, 5) is 37.1. The molecule has 3 N–H and O–H groups in total. The van der Waals surface area contributed by atoms with Crippen LogP contribution in [0.4, 0.5) is 16.2 Å². The summed E-state index contributed by atoms with van der Waals surface area (Å²) in [6, 6.07) is 6.79. The van der Waals surface area contributed by atoms with Gasteiger partial charge in [0.15, 0.2) is 0 Å². The summed E-state index contributed by atoms with van der Waals surface area (Å²) in [5.74, 6) is 1.20. The maximum absolute atomic E-state index is 12.5. The van der Waals surface area contributed by atoms with Gasteiger partial charge in [0, 0.05) is 30.3 Å². The number of hydrogen-bond donors (Lipinski definition) is 3. The second-order valence-electron chi connectivity index (χ2n) is 7.38. The van der Waals surface area contributed by atoms with Gasteiger partial charge in [-0.25, -0.2) is 4.79 Å². The lowest BCUT2D eigenvalue weighted by Gasteiger charge is -2.26. The number of anilines is 2. The standard InChI is InChI=1S/C19H24N4O3/c24-17-7-10-23(19(26)22-17)14-3-1-13(2-4-14)21-18(25)16-11-15(16)12-5-8-20-9-6-12/h1-4,12,15-16,20H,5-11H2,(H,21,25)(H,22,24,26)/t15-,16+/m0/s1. The molecule has 138 valence electrons. The van der Waals surface area contributed by atoms with Crippen molar-refractivity contribution in [2.24, 2.45) is 17.8 Å². The third kappa shape index (κ3) is 3.58. The topological polar surface area (TPSA) is 90.5 Å². The summed E-state index contributed by atoms with van der Waals surface area (Å²) in [5.41, 5.74) is 1.45. The summed E-state index contributed by atoms with van der Waals surface area (Å²) < 4.78 is 0. The molecule has 2 aliphatic heterocycles. The largest absolute Gasteiger partial charge is 0.328 e. The Kier molecular flexibility index (Phi) is 4.63. The number of benzene rings is 1. The van der Waals surface area contributed by atoms with Crippen LogP contribution in [0.15, 0.2) is 24.3 Å². The molecule has 1 saturated carbocycles. The molecule has 2 atom stereocenters. The molecule has 2 saturated heterocycles. The van der Waals surface area contributed by atoms with Crippen molar-refractivity contribution in [1.29, 1.82) is 0 Å². The van der Waals surface area contributed by atoms with Crippen molar-refractivity contribution < 1.29 is 14.4 Å². The van der Waals surface area contributed by atoms with E-state index in [-0.39, 0.29) is 17.7 Å². The first kappa shape index (κ1) is 17.0. The monoisotopic (exact) mass is 356 g/mol. The molecule has 3 aliphatic rings. The first-order chi connectivity index (χ1) is 12.6. The molecule has 0 unspecified atom stereocenters. The molecule has 0 spiro atoms. The molecule has 0 radical (unpaired) electrons. The highest BCUT2D eigenvalue weighted by Crippen LogP contribution is 2.47. The number of carbonyl (C=O) groups excluding carboxylic acids is 3. The normalized spacial score (nSPS) is 26.4. The lowest BCUT2D eigenvalue weighted by atomic mass is 9.92. The van der Waals surface area contributed by atoms with E-state index < -0.39 is 6.03 Å². The Bertz CT molecular complexity index is 712. The van der Waals surface area contributed by atoms with Gasteiger partial charge in [-0.1, -0.05) is 0 Å². The minimum Gasteiger partial charge on any atom is -0.326 e. The zero-order valence-electron chi connectivity index (χ0n) is 14.7. The lowest BCUT2D eigenvalue weighted by molar-refractivity contribution is -0.120. The summed E-state index contributed by atoms with van der Waals surface area (Å²) >= 11 is 0. The Morgan fingerprint density at radius 3 is 2.54 bits per heavy atom. The SMILES string of the molecule is O=C1CCN(c2ccc(NC(=O)[C@@H]3C[C@H]3C3CCNCC3)cc2)C(=O)N1.